The van der Waals surface area contributed by atoms with Crippen molar-refractivity contribution in [3.8, 4) is 5.75 Å². The van der Waals surface area contributed by atoms with Gasteiger partial charge >= 0.3 is 16.1 Å². The summed E-state index contributed by atoms with van der Waals surface area (Å²) in [6, 6.07) is 8.52. The first-order valence-corrected chi connectivity index (χ1v) is 11.1. The maximum atomic E-state index is 13.1. The second kappa shape index (κ2) is 10.6. The van der Waals surface area contributed by atoms with Crippen LogP contribution in [0.25, 0.3) is 0 Å². The zero-order valence-electron chi connectivity index (χ0n) is 17.1. The van der Waals surface area contributed by atoms with Gasteiger partial charge in [0.1, 0.15) is 16.5 Å². The summed E-state index contributed by atoms with van der Waals surface area (Å²) in [5.74, 6) is -0.512. The van der Waals surface area contributed by atoms with Crippen molar-refractivity contribution in [1.82, 2.24) is 15.1 Å². The highest BCUT2D eigenvalue weighted by Crippen LogP contribution is 2.27. The predicted molar refractivity (Wildman–Crippen MR) is 114 cm³/mol. The van der Waals surface area contributed by atoms with Crippen LogP contribution in [0.4, 0.5) is 9.18 Å². The molecule has 2 amide bonds. The van der Waals surface area contributed by atoms with Crippen LogP contribution in [0.1, 0.15) is 12.5 Å². The van der Waals surface area contributed by atoms with E-state index in [1.165, 1.54) is 12.1 Å². The normalized spacial score (nSPS) is 11.4. The van der Waals surface area contributed by atoms with Crippen molar-refractivity contribution in [3.05, 3.63) is 58.9 Å². The molecule has 0 aliphatic heterocycles. The third-order valence-electron chi connectivity index (χ3n) is 4.12. The molecule has 7 nitrogen and oxygen atoms in total. The Bertz CT molecular complexity index is 969. The SMILES string of the molecule is CCNC(=O)N(CCN(C)C)Cc1cc(Cl)ccc1OS(=O)(=O)c1ccc(F)cc1. The van der Waals surface area contributed by atoms with Crippen LogP contribution in [0.2, 0.25) is 5.02 Å². The molecule has 0 spiro atoms. The molecule has 0 radical (unpaired) electrons. The fraction of sp³-hybridized carbons (Fsp3) is 0.350. The number of carbonyl (C=O) groups excluding carboxylic acids is 1. The first kappa shape index (κ1) is 23.9. The van der Waals surface area contributed by atoms with Crippen LogP contribution < -0.4 is 9.50 Å². The maximum Gasteiger partial charge on any atom is 0.339 e. The van der Waals surface area contributed by atoms with Gasteiger partial charge in [0.25, 0.3) is 0 Å². The van der Waals surface area contributed by atoms with Crippen molar-refractivity contribution in [2.24, 2.45) is 0 Å². The van der Waals surface area contributed by atoms with Crippen LogP contribution in [0.5, 0.6) is 5.75 Å². The van der Waals surface area contributed by atoms with Gasteiger partial charge in [-0.05, 0) is 63.5 Å². The van der Waals surface area contributed by atoms with Gasteiger partial charge in [-0.25, -0.2) is 9.18 Å². The fourth-order valence-corrected chi connectivity index (χ4v) is 3.72. The van der Waals surface area contributed by atoms with Gasteiger partial charge in [0, 0.05) is 30.2 Å². The molecule has 0 atom stereocenters. The number of amides is 2. The molecule has 30 heavy (non-hydrogen) atoms. The Balaban J connectivity index is 2.32. The van der Waals surface area contributed by atoms with E-state index in [0.717, 1.165) is 24.3 Å². The van der Waals surface area contributed by atoms with Crippen LogP contribution in [0.15, 0.2) is 47.4 Å². The summed E-state index contributed by atoms with van der Waals surface area (Å²) in [4.78, 5) is 15.8. The molecule has 0 unspecified atom stereocenters. The minimum atomic E-state index is -4.19. The van der Waals surface area contributed by atoms with Gasteiger partial charge in [-0.15, -0.1) is 0 Å². The van der Waals surface area contributed by atoms with Gasteiger partial charge in [-0.3, -0.25) is 0 Å². The number of nitrogens with zero attached hydrogens (tertiary/aromatic N) is 2. The Morgan fingerprint density at radius 2 is 1.80 bits per heavy atom. The summed E-state index contributed by atoms with van der Waals surface area (Å²) in [5.41, 5.74) is 0.429. The number of halogens is 2. The molecular weight excluding hydrogens is 433 g/mol. The zero-order valence-corrected chi connectivity index (χ0v) is 18.6. The molecule has 0 aromatic heterocycles. The van der Waals surface area contributed by atoms with Gasteiger partial charge in [0.2, 0.25) is 0 Å². The highest BCUT2D eigenvalue weighted by Gasteiger charge is 2.21. The highest BCUT2D eigenvalue weighted by molar-refractivity contribution is 7.87. The molecule has 2 aromatic rings. The van der Waals surface area contributed by atoms with Gasteiger partial charge in [0.15, 0.2) is 0 Å². The smallest absolute Gasteiger partial charge is 0.339 e. The molecule has 10 heteroatoms. The number of benzene rings is 2. The lowest BCUT2D eigenvalue weighted by Crippen LogP contribution is -2.42. The lowest BCUT2D eigenvalue weighted by Gasteiger charge is -2.25. The van der Waals surface area contributed by atoms with Crippen LogP contribution >= 0.6 is 11.6 Å². The predicted octanol–water partition coefficient (Wildman–Crippen LogP) is 3.34. The molecule has 0 fully saturated rings. The Morgan fingerprint density at radius 3 is 2.40 bits per heavy atom. The van der Waals surface area contributed by atoms with Gasteiger partial charge in [-0.1, -0.05) is 11.6 Å². The molecule has 0 bridgehead atoms. The molecular formula is C20H25ClFN3O4S. The van der Waals surface area contributed by atoms with Crippen LogP contribution in [-0.4, -0.2) is 58.0 Å². The molecule has 2 aromatic carbocycles. The lowest BCUT2D eigenvalue weighted by molar-refractivity contribution is 0.189. The summed E-state index contributed by atoms with van der Waals surface area (Å²) >= 11 is 6.10. The Hall–Kier alpha value is -2.36. The minimum Gasteiger partial charge on any atom is -0.379 e. The van der Waals surface area contributed by atoms with Crippen molar-refractivity contribution in [1.29, 1.82) is 0 Å². The average Bonchev–Trinajstić information content (AvgIpc) is 2.67. The second-order valence-electron chi connectivity index (χ2n) is 6.80. The van der Waals surface area contributed by atoms with Crippen molar-refractivity contribution in [2.75, 3.05) is 33.7 Å². The Labute approximate surface area is 181 Å². The van der Waals surface area contributed by atoms with E-state index in [2.05, 4.69) is 5.32 Å². The monoisotopic (exact) mass is 457 g/mol. The average molecular weight is 458 g/mol. The summed E-state index contributed by atoms with van der Waals surface area (Å²) in [7, 11) is -0.418. The van der Waals surface area contributed by atoms with E-state index < -0.39 is 15.9 Å². The summed E-state index contributed by atoms with van der Waals surface area (Å²) < 4.78 is 43.6. The standard InChI is InChI=1S/C20H25ClFN3O4S/c1-4-23-20(26)25(12-11-24(2)3)14-15-13-16(21)5-10-19(15)29-30(27,28)18-8-6-17(22)7-9-18/h5-10,13H,4,11-12,14H2,1-3H3,(H,23,26). The number of hydrogen-bond donors (Lipinski definition) is 1. The molecule has 0 heterocycles. The number of nitrogens with one attached hydrogen (secondary N) is 1. The van der Waals surface area contributed by atoms with Gasteiger partial charge in [-0.2, -0.15) is 8.42 Å². The number of hydrogen-bond acceptors (Lipinski definition) is 5. The number of urea groups is 1. The summed E-state index contributed by atoms with van der Waals surface area (Å²) in [6.45, 7) is 3.38. The minimum absolute atomic E-state index is 0.0443. The number of likely N-dealkylation sites (N-methyl/N-ethyl adjacent to an activating group) is 1. The fourth-order valence-electron chi connectivity index (χ4n) is 2.56. The third-order valence-corrected chi connectivity index (χ3v) is 5.60. The largest absolute Gasteiger partial charge is 0.379 e. The van der Waals surface area contributed by atoms with Crippen molar-refractivity contribution >= 4 is 27.8 Å². The van der Waals surface area contributed by atoms with Crippen molar-refractivity contribution < 1.29 is 21.8 Å². The topological polar surface area (TPSA) is 79.0 Å². The van der Waals surface area contributed by atoms with Crippen molar-refractivity contribution in [3.63, 3.8) is 0 Å². The van der Waals surface area contributed by atoms with Crippen LogP contribution in [0.3, 0.4) is 0 Å². The zero-order chi connectivity index (χ0) is 22.3. The van der Waals surface area contributed by atoms with E-state index >= 15 is 0 Å². The van der Waals surface area contributed by atoms with Crippen molar-refractivity contribution in [2.45, 2.75) is 18.4 Å². The second-order valence-corrected chi connectivity index (χ2v) is 8.79. The van der Waals surface area contributed by atoms with Gasteiger partial charge < -0.3 is 19.3 Å². The first-order valence-electron chi connectivity index (χ1n) is 9.28. The maximum absolute atomic E-state index is 13.1. The molecule has 2 rings (SSSR count). The van der Waals surface area contributed by atoms with E-state index in [1.807, 2.05) is 25.9 Å². The first-order chi connectivity index (χ1) is 14.1. The highest BCUT2D eigenvalue weighted by atomic mass is 35.5. The molecule has 0 saturated heterocycles. The molecule has 164 valence electrons. The molecule has 0 aliphatic rings. The third kappa shape index (κ3) is 6.86. The van der Waals surface area contributed by atoms with E-state index in [1.54, 1.807) is 11.0 Å². The van der Waals surface area contributed by atoms with Crippen LogP contribution in [-0.2, 0) is 16.7 Å². The Kier molecular flexibility index (Phi) is 8.45. The van der Waals surface area contributed by atoms with E-state index in [4.69, 9.17) is 15.8 Å². The summed E-state index contributed by atoms with van der Waals surface area (Å²) in [6.07, 6.45) is 0. The molecule has 1 N–H and O–H groups in total. The lowest BCUT2D eigenvalue weighted by atomic mass is 10.2. The van der Waals surface area contributed by atoms with E-state index in [-0.39, 0.29) is 23.2 Å². The van der Waals surface area contributed by atoms with E-state index in [9.17, 15) is 17.6 Å². The number of carbonyl (C=O) groups is 1. The number of rotatable bonds is 9. The molecule has 0 aliphatic carbocycles. The quantitative estimate of drug-likeness (QED) is 0.584. The van der Waals surface area contributed by atoms with Gasteiger partial charge in [0.05, 0.1) is 6.54 Å². The van der Waals surface area contributed by atoms with E-state index in [0.29, 0.717) is 30.2 Å². The summed E-state index contributed by atoms with van der Waals surface area (Å²) in [5, 5.41) is 3.12. The van der Waals surface area contributed by atoms with Crippen LogP contribution in [0, 0.1) is 5.82 Å². The Morgan fingerprint density at radius 1 is 1.13 bits per heavy atom. The molecule has 0 saturated carbocycles.